The van der Waals surface area contributed by atoms with Crippen molar-refractivity contribution in [2.24, 2.45) is 0 Å². The maximum Gasteiger partial charge on any atom is 0.243 e. The van der Waals surface area contributed by atoms with Crippen LogP contribution in [0, 0.1) is 0 Å². The number of carbonyl (C=O) groups is 2. The number of carboxylic acids is 1. The molecule has 0 atom stereocenters. The topological polar surface area (TPSA) is 69.2 Å². The van der Waals surface area contributed by atoms with Crippen molar-refractivity contribution in [2.75, 3.05) is 33.7 Å². The van der Waals surface area contributed by atoms with Crippen molar-refractivity contribution in [1.29, 1.82) is 0 Å². The van der Waals surface area contributed by atoms with Crippen molar-refractivity contribution in [3.63, 3.8) is 0 Å². The number of amides is 1. The Morgan fingerprint density at radius 3 is 2.50 bits per heavy atom. The van der Waals surface area contributed by atoms with E-state index in [1.165, 1.54) is 6.08 Å². The Morgan fingerprint density at radius 2 is 2.00 bits per heavy atom. The van der Waals surface area contributed by atoms with E-state index in [2.05, 4.69) is 11.9 Å². The lowest BCUT2D eigenvalue weighted by molar-refractivity contribution is -0.885. The third kappa shape index (κ3) is 7.99. The molecule has 0 aromatic rings. The molecule has 0 aromatic carbocycles. The first kappa shape index (κ1) is 14.6. The molecule has 1 amide bonds. The Balaban J connectivity index is 3.61. The van der Waals surface area contributed by atoms with Crippen LogP contribution in [-0.4, -0.2) is 50.1 Å². The number of nitrogens with one attached hydrogen (secondary N) is 1. The second-order valence-electron chi connectivity index (χ2n) is 4.39. The molecule has 0 aliphatic rings. The van der Waals surface area contributed by atoms with Gasteiger partial charge in [-0.05, 0) is 18.9 Å². The van der Waals surface area contributed by atoms with Crippen molar-refractivity contribution >= 4 is 11.9 Å². The molecule has 0 heterocycles. The quantitative estimate of drug-likeness (QED) is 0.325. The zero-order valence-corrected chi connectivity index (χ0v) is 9.99. The van der Waals surface area contributed by atoms with E-state index in [0.29, 0.717) is 11.0 Å². The van der Waals surface area contributed by atoms with E-state index < -0.39 is 5.97 Å². The Bertz CT molecular complexity index is 262. The van der Waals surface area contributed by atoms with Crippen LogP contribution in [0.5, 0.6) is 0 Å². The lowest BCUT2D eigenvalue weighted by Gasteiger charge is -2.30. The van der Waals surface area contributed by atoms with Crippen molar-refractivity contribution in [3.8, 4) is 0 Å². The molecule has 0 aliphatic heterocycles. The summed E-state index contributed by atoms with van der Waals surface area (Å²) in [4.78, 5) is 21.2. The average molecular weight is 228 g/mol. The van der Waals surface area contributed by atoms with Gasteiger partial charge in [0.2, 0.25) is 5.91 Å². The fraction of sp³-hybridized carbons (Fsp3) is 0.636. The van der Waals surface area contributed by atoms with Crippen LogP contribution >= 0.6 is 0 Å². The molecule has 92 valence electrons. The zero-order chi connectivity index (χ0) is 12.6. The number of quaternary nitrogens is 1. The van der Waals surface area contributed by atoms with Gasteiger partial charge in [0, 0.05) is 6.54 Å². The molecular formula is C11H20N2O3. The predicted molar refractivity (Wildman–Crippen MR) is 59.3 cm³/mol. The Morgan fingerprint density at radius 1 is 1.38 bits per heavy atom. The normalized spacial score (nSPS) is 10.9. The van der Waals surface area contributed by atoms with E-state index in [1.54, 1.807) is 0 Å². The van der Waals surface area contributed by atoms with E-state index in [1.807, 2.05) is 14.1 Å². The molecule has 0 aromatic heterocycles. The van der Waals surface area contributed by atoms with Gasteiger partial charge in [-0.1, -0.05) is 6.58 Å². The van der Waals surface area contributed by atoms with Gasteiger partial charge >= 0.3 is 0 Å². The summed E-state index contributed by atoms with van der Waals surface area (Å²) in [7, 11) is 3.69. The third-order valence-electron chi connectivity index (χ3n) is 2.23. The van der Waals surface area contributed by atoms with E-state index in [-0.39, 0.29) is 12.5 Å². The van der Waals surface area contributed by atoms with Crippen LogP contribution in [0.2, 0.25) is 0 Å². The minimum atomic E-state index is -1.04. The summed E-state index contributed by atoms with van der Waals surface area (Å²) in [6, 6.07) is 0. The molecule has 0 saturated carbocycles. The van der Waals surface area contributed by atoms with Gasteiger partial charge in [-0.2, -0.15) is 0 Å². The Labute approximate surface area is 96.3 Å². The largest absolute Gasteiger partial charge is 0.544 e. The molecule has 16 heavy (non-hydrogen) atoms. The molecule has 0 saturated heterocycles. The van der Waals surface area contributed by atoms with E-state index in [4.69, 9.17) is 0 Å². The van der Waals surface area contributed by atoms with Crippen LogP contribution in [0.15, 0.2) is 12.7 Å². The predicted octanol–water partition coefficient (Wildman–Crippen LogP) is -1.10. The number of rotatable bonds is 8. The highest BCUT2D eigenvalue weighted by molar-refractivity contribution is 5.86. The summed E-state index contributed by atoms with van der Waals surface area (Å²) >= 11 is 0. The van der Waals surface area contributed by atoms with Gasteiger partial charge in [0.25, 0.3) is 0 Å². The van der Waals surface area contributed by atoms with Crippen molar-refractivity contribution < 1.29 is 19.2 Å². The molecule has 0 fully saturated rings. The van der Waals surface area contributed by atoms with Crippen LogP contribution in [0.1, 0.15) is 12.8 Å². The maximum atomic E-state index is 10.8. The average Bonchev–Trinajstić information content (AvgIpc) is 2.14. The van der Waals surface area contributed by atoms with Crippen molar-refractivity contribution in [2.45, 2.75) is 12.8 Å². The lowest BCUT2D eigenvalue weighted by atomic mass is 10.2. The van der Waals surface area contributed by atoms with Gasteiger partial charge in [0.1, 0.15) is 6.54 Å². The van der Waals surface area contributed by atoms with Crippen molar-refractivity contribution in [3.05, 3.63) is 12.7 Å². The number of unbranched alkanes of at least 4 members (excludes halogenated alkanes) is 1. The minimum Gasteiger partial charge on any atom is -0.544 e. The summed E-state index contributed by atoms with van der Waals surface area (Å²) in [5, 5.41) is 13.1. The van der Waals surface area contributed by atoms with E-state index in [9.17, 15) is 14.7 Å². The highest BCUT2D eigenvalue weighted by Crippen LogP contribution is 2.00. The monoisotopic (exact) mass is 228 g/mol. The molecule has 0 aliphatic carbocycles. The van der Waals surface area contributed by atoms with Gasteiger partial charge in [-0.3, -0.25) is 4.79 Å². The smallest absolute Gasteiger partial charge is 0.243 e. The Kier molecular flexibility index (Phi) is 6.41. The summed E-state index contributed by atoms with van der Waals surface area (Å²) < 4.78 is 0.401. The summed E-state index contributed by atoms with van der Waals surface area (Å²) in [6.07, 6.45) is 2.92. The van der Waals surface area contributed by atoms with Crippen LogP contribution < -0.4 is 10.4 Å². The molecule has 0 spiro atoms. The molecular weight excluding hydrogens is 208 g/mol. The van der Waals surface area contributed by atoms with Crippen LogP contribution in [0.4, 0.5) is 0 Å². The van der Waals surface area contributed by atoms with Gasteiger partial charge < -0.3 is 19.7 Å². The van der Waals surface area contributed by atoms with E-state index in [0.717, 1.165) is 19.4 Å². The molecule has 0 rings (SSSR count). The summed E-state index contributed by atoms with van der Waals surface area (Å²) in [5.74, 6) is -1.21. The fourth-order valence-electron chi connectivity index (χ4n) is 1.38. The van der Waals surface area contributed by atoms with Crippen LogP contribution in [0.25, 0.3) is 0 Å². The van der Waals surface area contributed by atoms with Gasteiger partial charge in [-0.25, -0.2) is 0 Å². The molecule has 0 unspecified atom stereocenters. The number of hydrogen-bond donors (Lipinski definition) is 1. The number of carbonyl (C=O) groups excluding carboxylic acids is 2. The number of nitrogens with zero attached hydrogens (tertiary/aromatic N) is 1. The SMILES string of the molecule is C=CC(=O)NCCCC[N+](C)(C)CC(=O)[O-]. The van der Waals surface area contributed by atoms with Gasteiger partial charge in [0.05, 0.1) is 26.6 Å². The highest BCUT2D eigenvalue weighted by Gasteiger charge is 2.14. The van der Waals surface area contributed by atoms with Crippen LogP contribution in [0.3, 0.4) is 0 Å². The van der Waals surface area contributed by atoms with Crippen molar-refractivity contribution in [1.82, 2.24) is 5.32 Å². The summed E-state index contributed by atoms with van der Waals surface area (Å²) in [6.45, 7) is 4.70. The van der Waals surface area contributed by atoms with Crippen LogP contribution in [-0.2, 0) is 9.59 Å². The molecule has 0 radical (unpaired) electrons. The number of hydrogen-bond acceptors (Lipinski definition) is 3. The van der Waals surface area contributed by atoms with Gasteiger partial charge in [-0.15, -0.1) is 0 Å². The number of likely N-dealkylation sites (N-methyl/N-ethyl adjacent to an activating group) is 1. The molecule has 0 bridgehead atoms. The first-order chi connectivity index (χ1) is 7.37. The molecule has 5 heteroatoms. The first-order valence-electron chi connectivity index (χ1n) is 5.29. The molecule has 1 N–H and O–H groups in total. The standard InChI is InChI=1S/C11H20N2O3/c1-4-10(14)12-7-5-6-8-13(2,3)9-11(15)16/h4H,1,5-9H2,2-3H3,(H-,12,14,15,16). The zero-order valence-electron chi connectivity index (χ0n) is 9.99. The first-order valence-corrected chi connectivity index (χ1v) is 5.29. The second kappa shape index (κ2) is 7.00. The highest BCUT2D eigenvalue weighted by atomic mass is 16.4. The second-order valence-corrected chi connectivity index (χ2v) is 4.39. The Hall–Kier alpha value is -1.36. The third-order valence-corrected chi connectivity index (χ3v) is 2.23. The number of aliphatic carboxylic acids is 1. The van der Waals surface area contributed by atoms with E-state index >= 15 is 0 Å². The number of carboxylic acid groups (broad SMARTS) is 1. The molecule has 5 nitrogen and oxygen atoms in total. The van der Waals surface area contributed by atoms with Gasteiger partial charge in [0.15, 0.2) is 0 Å². The fourth-order valence-corrected chi connectivity index (χ4v) is 1.38. The lowest BCUT2D eigenvalue weighted by Crippen LogP contribution is -2.48. The maximum absolute atomic E-state index is 10.8. The summed E-state index contributed by atoms with van der Waals surface area (Å²) in [5.41, 5.74) is 0. The minimum absolute atomic E-state index is 0.0129.